The third-order valence-electron chi connectivity index (χ3n) is 8.65. The predicted molar refractivity (Wildman–Crippen MR) is 95.2 cm³/mol. The first-order valence-electron chi connectivity index (χ1n) is 9.90. The molecule has 0 amide bonds. The fourth-order valence-electron chi connectivity index (χ4n) is 7.46. The molecule has 0 unspecified atom stereocenters. The molecule has 3 saturated carbocycles. The quantitative estimate of drug-likeness (QED) is 0.731. The maximum Gasteiger partial charge on any atom is 0.0577 e. The van der Waals surface area contributed by atoms with Crippen molar-refractivity contribution in [2.75, 3.05) is 14.1 Å². The summed E-state index contributed by atoms with van der Waals surface area (Å²) in [5, 5.41) is 10.1. The summed E-state index contributed by atoms with van der Waals surface area (Å²) in [5.74, 6) is 2.67. The SMILES string of the molecule is CN(C)[C@H]1CC[C@@H]2[C@H]3CC=C4C[C@@H](O)CC[C@]4(C)[C@@H]3CC[C@@]21C. The van der Waals surface area contributed by atoms with Crippen LogP contribution in [0.1, 0.15) is 65.2 Å². The van der Waals surface area contributed by atoms with Gasteiger partial charge in [-0.2, -0.15) is 0 Å². The number of nitrogens with zero attached hydrogens (tertiary/aromatic N) is 1. The van der Waals surface area contributed by atoms with E-state index < -0.39 is 0 Å². The molecular weight excluding hydrogens is 282 g/mol. The van der Waals surface area contributed by atoms with Gasteiger partial charge in [-0.1, -0.05) is 25.5 Å². The van der Waals surface area contributed by atoms with Crippen molar-refractivity contribution in [3.8, 4) is 0 Å². The van der Waals surface area contributed by atoms with Crippen molar-refractivity contribution in [3.05, 3.63) is 11.6 Å². The monoisotopic (exact) mass is 317 g/mol. The third-order valence-corrected chi connectivity index (χ3v) is 8.65. The Morgan fingerprint density at radius 2 is 1.83 bits per heavy atom. The number of aliphatic hydroxyl groups excluding tert-OH is 1. The zero-order valence-electron chi connectivity index (χ0n) is 15.5. The van der Waals surface area contributed by atoms with Gasteiger partial charge in [0, 0.05) is 6.04 Å². The lowest BCUT2D eigenvalue weighted by atomic mass is 9.48. The molecule has 3 fully saturated rings. The van der Waals surface area contributed by atoms with Gasteiger partial charge in [-0.15, -0.1) is 0 Å². The molecule has 4 aliphatic carbocycles. The molecule has 0 spiro atoms. The molecule has 130 valence electrons. The molecule has 23 heavy (non-hydrogen) atoms. The molecule has 0 heterocycles. The summed E-state index contributed by atoms with van der Waals surface area (Å²) in [4.78, 5) is 2.50. The molecule has 2 heteroatoms. The van der Waals surface area contributed by atoms with Crippen molar-refractivity contribution in [3.63, 3.8) is 0 Å². The molecule has 2 nitrogen and oxygen atoms in total. The van der Waals surface area contributed by atoms with E-state index in [4.69, 9.17) is 0 Å². The second-order valence-electron chi connectivity index (χ2n) is 9.76. The van der Waals surface area contributed by atoms with Crippen molar-refractivity contribution in [2.24, 2.45) is 28.6 Å². The number of hydrogen-bond donors (Lipinski definition) is 1. The number of fused-ring (bicyclic) bond motifs is 5. The fraction of sp³-hybridized carbons (Fsp3) is 0.905. The minimum absolute atomic E-state index is 0.0793. The Hall–Kier alpha value is -0.340. The van der Waals surface area contributed by atoms with Crippen LogP contribution in [0.25, 0.3) is 0 Å². The van der Waals surface area contributed by atoms with E-state index in [1.165, 1.54) is 38.5 Å². The van der Waals surface area contributed by atoms with E-state index in [0.29, 0.717) is 10.8 Å². The average Bonchev–Trinajstić information content (AvgIpc) is 2.85. The summed E-state index contributed by atoms with van der Waals surface area (Å²) in [6.45, 7) is 5.13. The number of rotatable bonds is 1. The van der Waals surface area contributed by atoms with Crippen LogP contribution in [0.4, 0.5) is 0 Å². The van der Waals surface area contributed by atoms with E-state index in [0.717, 1.165) is 36.6 Å². The number of hydrogen-bond acceptors (Lipinski definition) is 2. The third kappa shape index (κ3) is 2.20. The highest BCUT2D eigenvalue weighted by Gasteiger charge is 2.58. The lowest BCUT2D eigenvalue weighted by Gasteiger charge is -2.58. The number of allylic oxidation sites excluding steroid dienone is 1. The zero-order chi connectivity index (χ0) is 16.4. The van der Waals surface area contributed by atoms with E-state index in [-0.39, 0.29) is 6.10 Å². The molecule has 0 aromatic heterocycles. The molecule has 0 aromatic carbocycles. The minimum atomic E-state index is -0.0793. The highest BCUT2D eigenvalue weighted by Crippen LogP contribution is 2.65. The molecule has 1 N–H and O–H groups in total. The molecule has 0 radical (unpaired) electrons. The maximum atomic E-state index is 10.1. The van der Waals surface area contributed by atoms with Crippen molar-refractivity contribution < 1.29 is 5.11 Å². The lowest BCUT2D eigenvalue weighted by Crippen LogP contribution is -2.53. The highest BCUT2D eigenvalue weighted by atomic mass is 16.3. The average molecular weight is 318 g/mol. The van der Waals surface area contributed by atoms with Crippen LogP contribution in [0, 0.1) is 28.6 Å². The summed E-state index contributed by atoms with van der Waals surface area (Å²) < 4.78 is 0. The van der Waals surface area contributed by atoms with Crippen molar-refractivity contribution >= 4 is 0 Å². The zero-order valence-corrected chi connectivity index (χ0v) is 15.5. The van der Waals surface area contributed by atoms with Crippen molar-refractivity contribution in [1.29, 1.82) is 0 Å². The summed E-state index contributed by atoms with van der Waals surface area (Å²) in [5.41, 5.74) is 2.52. The van der Waals surface area contributed by atoms with Crippen LogP contribution in [0.3, 0.4) is 0 Å². The van der Waals surface area contributed by atoms with Gasteiger partial charge < -0.3 is 10.0 Å². The first kappa shape index (κ1) is 16.1. The molecule has 0 bridgehead atoms. The Bertz CT molecular complexity index is 512. The number of aliphatic hydroxyl groups is 1. The van der Waals surface area contributed by atoms with Gasteiger partial charge in [0.1, 0.15) is 0 Å². The van der Waals surface area contributed by atoms with E-state index >= 15 is 0 Å². The second kappa shape index (κ2) is 5.33. The second-order valence-corrected chi connectivity index (χ2v) is 9.76. The van der Waals surface area contributed by atoms with Crippen LogP contribution in [-0.2, 0) is 0 Å². The molecular formula is C21H35NO. The van der Waals surface area contributed by atoms with Gasteiger partial charge >= 0.3 is 0 Å². The van der Waals surface area contributed by atoms with Gasteiger partial charge in [-0.3, -0.25) is 0 Å². The van der Waals surface area contributed by atoms with E-state index in [1.54, 1.807) is 5.57 Å². The van der Waals surface area contributed by atoms with Crippen LogP contribution in [-0.4, -0.2) is 36.2 Å². The standard InChI is InChI=1S/C21H35NO/c1-20-11-9-15(23)13-14(20)5-6-16-17-7-8-19(22(3)4)21(17,2)12-10-18(16)20/h5,15-19,23H,6-13H2,1-4H3/t15-,16+,17+,18+,19-,20-,21-/m0/s1. The molecule has 7 atom stereocenters. The van der Waals surface area contributed by atoms with Gasteiger partial charge in [0.25, 0.3) is 0 Å². The topological polar surface area (TPSA) is 23.5 Å². The Morgan fingerprint density at radius 3 is 2.57 bits per heavy atom. The molecule has 0 saturated heterocycles. The molecule has 4 aliphatic rings. The molecule has 0 aliphatic heterocycles. The van der Waals surface area contributed by atoms with Gasteiger partial charge in [-0.25, -0.2) is 0 Å². The lowest BCUT2D eigenvalue weighted by molar-refractivity contribution is -0.0537. The van der Waals surface area contributed by atoms with Crippen LogP contribution in [0.2, 0.25) is 0 Å². The Balaban J connectivity index is 1.65. The summed E-state index contributed by atoms with van der Waals surface area (Å²) in [6, 6.07) is 0.778. The van der Waals surface area contributed by atoms with Crippen LogP contribution in [0.15, 0.2) is 11.6 Å². The highest BCUT2D eigenvalue weighted by molar-refractivity contribution is 5.25. The first-order valence-corrected chi connectivity index (χ1v) is 9.90. The first-order chi connectivity index (χ1) is 10.9. The van der Waals surface area contributed by atoms with Gasteiger partial charge in [0.15, 0.2) is 0 Å². The van der Waals surface area contributed by atoms with Crippen LogP contribution < -0.4 is 0 Å². The Labute approximate surface area is 142 Å². The largest absolute Gasteiger partial charge is 0.393 e. The smallest absolute Gasteiger partial charge is 0.0577 e. The van der Waals surface area contributed by atoms with Crippen molar-refractivity contribution in [2.45, 2.75) is 77.4 Å². The van der Waals surface area contributed by atoms with Gasteiger partial charge in [0.2, 0.25) is 0 Å². The Kier molecular flexibility index (Phi) is 3.74. The summed E-state index contributed by atoms with van der Waals surface area (Å²) >= 11 is 0. The fourth-order valence-corrected chi connectivity index (χ4v) is 7.46. The Morgan fingerprint density at radius 1 is 1.04 bits per heavy atom. The van der Waals surface area contributed by atoms with Gasteiger partial charge in [0.05, 0.1) is 6.10 Å². The molecule has 0 aromatic rings. The van der Waals surface area contributed by atoms with Crippen molar-refractivity contribution in [1.82, 2.24) is 4.90 Å². The van der Waals surface area contributed by atoms with Crippen LogP contribution >= 0.6 is 0 Å². The van der Waals surface area contributed by atoms with E-state index in [2.05, 4.69) is 38.9 Å². The summed E-state index contributed by atoms with van der Waals surface area (Å²) in [6.07, 6.45) is 12.6. The van der Waals surface area contributed by atoms with Crippen LogP contribution in [0.5, 0.6) is 0 Å². The van der Waals surface area contributed by atoms with E-state index in [1.807, 2.05) is 0 Å². The van der Waals surface area contributed by atoms with Gasteiger partial charge in [-0.05, 0) is 94.0 Å². The maximum absolute atomic E-state index is 10.1. The molecule has 4 rings (SSSR count). The summed E-state index contributed by atoms with van der Waals surface area (Å²) in [7, 11) is 4.57. The van der Waals surface area contributed by atoms with E-state index in [9.17, 15) is 5.11 Å². The normalized spacial score (nSPS) is 52.6. The predicted octanol–water partition coefficient (Wildman–Crippen LogP) is 4.24. The minimum Gasteiger partial charge on any atom is -0.393 e.